The van der Waals surface area contributed by atoms with E-state index in [1.165, 1.54) is 18.7 Å². The molecule has 1 aromatic heterocycles. The standard InChI is InChI=1S/C10H15BrN2O/c11-10-7-9(8-14-10)1-4-13-5-2-12-3-6-13/h7-8,12H,1-6H2. The van der Waals surface area contributed by atoms with Crippen molar-refractivity contribution in [3.05, 3.63) is 22.6 Å². The fourth-order valence-corrected chi connectivity index (χ4v) is 2.09. The summed E-state index contributed by atoms with van der Waals surface area (Å²) in [4.78, 5) is 2.48. The lowest BCUT2D eigenvalue weighted by atomic mass is 10.2. The quantitative estimate of drug-likeness (QED) is 0.891. The Kier molecular flexibility index (Phi) is 3.61. The molecule has 2 heterocycles. The Labute approximate surface area is 92.6 Å². The highest BCUT2D eigenvalue weighted by molar-refractivity contribution is 9.10. The van der Waals surface area contributed by atoms with Gasteiger partial charge in [-0.05, 0) is 34.0 Å². The fourth-order valence-electron chi connectivity index (χ4n) is 1.70. The van der Waals surface area contributed by atoms with Crippen LogP contribution in [0.5, 0.6) is 0 Å². The van der Waals surface area contributed by atoms with Gasteiger partial charge in [0, 0.05) is 32.7 Å². The zero-order valence-corrected chi connectivity index (χ0v) is 9.72. The van der Waals surface area contributed by atoms with Gasteiger partial charge in [-0.3, -0.25) is 0 Å². The molecule has 0 radical (unpaired) electrons. The molecule has 0 unspecified atom stereocenters. The van der Waals surface area contributed by atoms with Gasteiger partial charge in [-0.1, -0.05) is 0 Å². The molecule has 14 heavy (non-hydrogen) atoms. The van der Waals surface area contributed by atoms with Crippen LogP contribution in [0.4, 0.5) is 0 Å². The molecular weight excluding hydrogens is 244 g/mol. The largest absolute Gasteiger partial charge is 0.457 e. The van der Waals surface area contributed by atoms with Crippen LogP contribution in [0.25, 0.3) is 0 Å². The van der Waals surface area contributed by atoms with E-state index in [1.54, 1.807) is 0 Å². The summed E-state index contributed by atoms with van der Waals surface area (Å²) in [5, 5.41) is 3.35. The second kappa shape index (κ2) is 4.96. The van der Waals surface area contributed by atoms with Gasteiger partial charge < -0.3 is 14.6 Å². The summed E-state index contributed by atoms with van der Waals surface area (Å²) in [6.45, 7) is 5.70. The van der Waals surface area contributed by atoms with Gasteiger partial charge in [0.1, 0.15) is 0 Å². The number of rotatable bonds is 3. The first-order chi connectivity index (χ1) is 6.84. The molecule has 1 N–H and O–H groups in total. The van der Waals surface area contributed by atoms with E-state index in [-0.39, 0.29) is 0 Å². The van der Waals surface area contributed by atoms with E-state index in [9.17, 15) is 0 Å². The maximum atomic E-state index is 5.19. The van der Waals surface area contributed by atoms with Crippen LogP contribution in [-0.2, 0) is 6.42 Å². The van der Waals surface area contributed by atoms with E-state index in [1.807, 2.05) is 12.3 Å². The van der Waals surface area contributed by atoms with Crippen molar-refractivity contribution in [2.45, 2.75) is 6.42 Å². The summed E-state index contributed by atoms with van der Waals surface area (Å²) in [5.41, 5.74) is 1.27. The van der Waals surface area contributed by atoms with E-state index in [4.69, 9.17) is 4.42 Å². The first kappa shape index (κ1) is 10.2. The first-order valence-corrected chi connectivity index (χ1v) is 5.80. The Morgan fingerprint density at radius 1 is 1.43 bits per heavy atom. The highest BCUT2D eigenvalue weighted by atomic mass is 79.9. The maximum absolute atomic E-state index is 5.19. The summed E-state index contributed by atoms with van der Waals surface area (Å²) in [5.74, 6) is 0. The SMILES string of the molecule is Brc1cc(CCN2CCNCC2)co1. The van der Waals surface area contributed by atoms with E-state index in [0.717, 1.165) is 30.7 Å². The third-order valence-electron chi connectivity index (χ3n) is 2.55. The number of furan rings is 1. The lowest BCUT2D eigenvalue weighted by Gasteiger charge is -2.26. The summed E-state index contributed by atoms with van der Waals surface area (Å²) in [6.07, 6.45) is 2.90. The van der Waals surface area contributed by atoms with Crippen molar-refractivity contribution in [3.63, 3.8) is 0 Å². The topological polar surface area (TPSA) is 28.4 Å². The van der Waals surface area contributed by atoms with Gasteiger partial charge in [0.15, 0.2) is 4.67 Å². The summed E-state index contributed by atoms with van der Waals surface area (Å²) in [6, 6.07) is 2.04. The molecule has 1 fully saturated rings. The third kappa shape index (κ3) is 2.83. The summed E-state index contributed by atoms with van der Waals surface area (Å²) >= 11 is 3.31. The van der Waals surface area contributed by atoms with Crippen LogP contribution in [0.15, 0.2) is 21.4 Å². The smallest absolute Gasteiger partial charge is 0.169 e. The van der Waals surface area contributed by atoms with E-state index >= 15 is 0 Å². The van der Waals surface area contributed by atoms with Crippen LogP contribution in [-0.4, -0.2) is 37.6 Å². The van der Waals surface area contributed by atoms with Crippen molar-refractivity contribution < 1.29 is 4.42 Å². The highest BCUT2D eigenvalue weighted by Gasteiger charge is 2.09. The van der Waals surface area contributed by atoms with Crippen LogP contribution in [0.1, 0.15) is 5.56 Å². The Balaban J connectivity index is 1.76. The molecule has 3 nitrogen and oxygen atoms in total. The number of hydrogen-bond donors (Lipinski definition) is 1. The number of nitrogens with zero attached hydrogens (tertiary/aromatic N) is 1. The zero-order valence-electron chi connectivity index (χ0n) is 8.13. The van der Waals surface area contributed by atoms with Gasteiger partial charge in [-0.25, -0.2) is 0 Å². The van der Waals surface area contributed by atoms with Gasteiger partial charge in [0.2, 0.25) is 0 Å². The van der Waals surface area contributed by atoms with Crippen molar-refractivity contribution >= 4 is 15.9 Å². The first-order valence-electron chi connectivity index (χ1n) is 5.00. The van der Waals surface area contributed by atoms with Crippen molar-refractivity contribution in [3.8, 4) is 0 Å². The minimum Gasteiger partial charge on any atom is -0.457 e. The predicted molar refractivity (Wildman–Crippen MR) is 59.4 cm³/mol. The molecule has 0 amide bonds. The molecule has 1 aliphatic heterocycles. The average Bonchev–Trinajstić information content (AvgIpc) is 2.63. The van der Waals surface area contributed by atoms with Crippen LogP contribution >= 0.6 is 15.9 Å². The van der Waals surface area contributed by atoms with Crippen LogP contribution in [0.2, 0.25) is 0 Å². The highest BCUT2D eigenvalue weighted by Crippen LogP contribution is 2.14. The van der Waals surface area contributed by atoms with Crippen LogP contribution < -0.4 is 5.32 Å². The number of piperazine rings is 1. The van der Waals surface area contributed by atoms with Crippen molar-refractivity contribution in [2.24, 2.45) is 0 Å². The monoisotopic (exact) mass is 258 g/mol. The lowest BCUT2D eigenvalue weighted by molar-refractivity contribution is 0.243. The predicted octanol–water partition coefficient (Wildman–Crippen LogP) is 1.49. The van der Waals surface area contributed by atoms with Gasteiger partial charge in [-0.15, -0.1) is 0 Å². The van der Waals surface area contributed by atoms with E-state index in [2.05, 4.69) is 26.1 Å². The molecule has 2 rings (SSSR count). The molecule has 0 atom stereocenters. The molecule has 1 saturated heterocycles. The number of nitrogens with one attached hydrogen (secondary N) is 1. The molecule has 0 saturated carbocycles. The fraction of sp³-hybridized carbons (Fsp3) is 0.600. The number of hydrogen-bond acceptors (Lipinski definition) is 3. The molecule has 0 aromatic carbocycles. The molecular formula is C10H15BrN2O. The van der Waals surface area contributed by atoms with Crippen LogP contribution in [0.3, 0.4) is 0 Å². The molecule has 0 aliphatic carbocycles. The summed E-state index contributed by atoms with van der Waals surface area (Å²) in [7, 11) is 0. The molecule has 78 valence electrons. The molecule has 4 heteroatoms. The Bertz CT molecular complexity index is 281. The van der Waals surface area contributed by atoms with Crippen molar-refractivity contribution in [2.75, 3.05) is 32.7 Å². The molecule has 0 spiro atoms. The molecule has 1 aliphatic rings. The second-order valence-corrected chi connectivity index (χ2v) is 4.38. The molecule has 0 bridgehead atoms. The normalized spacial score (nSPS) is 18.6. The lowest BCUT2D eigenvalue weighted by Crippen LogP contribution is -2.44. The Morgan fingerprint density at radius 3 is 2.86 bits per heavy atom. The van der Waals surface area contributed by atoms with Gasteiger partial charge in [0.25, 0.3) is 0 Å². The van der Waals surface area contributed by atoms with E-state index in [0.29, 0.717) is 0 Å². The minimum atomic E-state index is 0.827. The summed E-state index contributed by atoms with van der Waals surface area (Å²) < 4.78 is 6.02. The van der Waals surface area contributed by atoms with Gasteiger partial charge in [-0.2, -0.15) is 0 Å². The number of halogens is 1. The van der Waals surface area contributed by atoms with Gasteiger partial charge >= 0.3 is 0 Å². The van der Waals surface area contributed by atoms with Crippen molar-refractivity contribution in [1.29, 1.82) is 0 Å². The van der Waals surface area contributed by atoms with E-state index < -0.39 is 0 Å². The average molecular weight is 259 g/mol. The third-order valence-corrected chi connectivity index (χ3v) is 2.96. The second-order valence-electron chi connectivity index (χ2n) is 3.60. The zero-order chi connectivity index (χ0) is 9.80. The van der Waals surface area contributed by atoms with Crippen LogP contribution in [0, 0.1) is 0 Å². The van der Waals surface area contributed by atoms with Crippen molar-refractivity contribution in [1.82, 2.24) is 10.2 Å². The minimum absolute atomic E-state index is 0.827. The maximum Gasteiger partial charge on any atom is 0.169 e. The Hall–Kier alpha value is -0.320. The van der Waals surface area contributed by atoms with Gasteiger partial charge in [0.05, 0.1) is 6.26 Å². The molecule has 1 aromatic rings. The Morgan fingerprint density at radius 2 is 2.21 bits per heavy atom.